The molecule has 1 amide bonds. The van der Waals surface area contributed by atoms with Crippen molar-refractivity contribution in [1.82, 2.24) is 10.2 Å². The largest absolute Gasteiger partial charge is 0.341 e. The molecule has 0 aliphatic carbocycles. The van der Waals surface area contributed by atoms with E-state index in [2.05, 4.69) is 5.32 Å². The van der Waals surface area contributed by atoms with Crippen LogP contribution in [0.1, 0.15) is 45.8 Å². The molecule has 1 unspecified atom stereocenters. The Kier molecular flexibility index (Phi) is 7.53. The number of aryl methyl sites for hydroxylation is 2. The monoisotopic (exact) mass is 344 g/mol. The average Bonchev–Trinajstić information content (AvgIpc) is 2.83. The summed E-state index contributed by atoms with van der Waals surface area (Å²) < 4.78 is 0. The Morgan fingerprint density at radius 2 is 2.09 bits per heavy atom. The highest BCUT2D eigenvalue weighted by molar-refractivity contribution is 7.12. The molecule has 1 aromatic heterocycles. The molecular formula is C16H25ClN2O2S. The zero-order chi connectivity index (χ0) is 15.4. The number of likely N-dealkylation sites (N-methyl/N-ethyl adjacent to an activating group) is 1. The van der Waals surface area contributed by atoms with Crippen molar-refractivity contribution < 1.29 is 9.59 Å². The number of likely N-dealkylation sites (tertiary alicyclic amines) is 1. The fourth-order valence-electron chi connectivity index (χ4n) is 2.86. The lowest BCUT2D eigenvalue weighted by Gasteiger charge is -2.32. The van der Waals surface area contributed by atoms with Crippen LogP contribution in [0.2, 0.25) is 0 Å². The number of hydrogen-bond acceptors (Lipinski definition) is 4. The summed E-state index contributed by atoms with van der Waals surface area (Å²) in [6, 6.07) is 2.32. The van der Waals surface area contributed by atoms with E-state index in [1.54, 1.807) is 11.3 Å². The third kappa shape index (κ3) is 4.80. The topological polar surface area (TPSA) is 49.4 Å². The van der Waals surface area contributed by atoms with Gasteiger partial charge in [0.25, 0.3) is 0 Å². The lowest BCUT2D eigenvalue weighted by molar-refractivity contribution is -0.132. The number of amides is 1. The summed E-state index contributed by atoms with van der Waals surface area (Å²) in [6.07, 6.45) is 2.79. The van der Waals surface area contributed by atoms with Crippen LogP contribution in [0.3, 0.4) is 0 Å². The molecule has 2 heterocycles. The van der Waals surface area contributed by atoms with Gasteiger partial charge >= 0.3 is 0 Å². The molecule has 1 aliphatic heterocycles. The number of piperidine rings is 1. The first-order chi connectivity index (χ1) is 10.0. The maximum Gasteiger partial charge on any atom is 0.223 e. The van der Waals surface area contributed by atoms with Crippen molar-refractivity contribution in [3.8, 4) is 0 Å². The number of nitrogens with one attached hydrogen (secondary N) is 1. The van der Waals surface area contributed by atoms with Crippen LogP contribution < -0.4 is 5.32 Å². The van der Waals surface area contributed by atoms with Crippen LogP contribution in [0.15, 0.2) is 6.07 Å². The van der Waals surface area contributed by atoms with E-state index in [1.807, 2.05) is 31.9 Å². The van der Waals surface area contributed by atoms with Crippen molar-refractivity contribution in [2.45, 2.75) is 45.6 Å². The van der Waals surface area contributed by atoms with Gasteiger partial charge in [-0.3, -0.25) is 9.59 Å². The first kappa shape index (κ1) is 19.1. The summed E-state index contributed by atoms with van der Waals surface area (Å²) in [6.45, 7) is 5.56. The van der Waals surface area contributed by atoms with Crippen LogP contribution in [0.5, 0.6) is 0 Å². The van der Waals surface area contributed by atoms with Crippen molar-refractivity contribution in [3.63, 3.8) is 0 Å². The summed E-state index contributed by atoms with van der Waals surface area (Å²) in [5, 5.41) is 3.23. The summed E-state index contributed by atoms with van der Waals surface area (Å²) in [7, 11) is 1.93. The van der Waals surface area contributed by atoms with Gasteiger partial charge in [0.2, 0.25) is 5.91 Å². The molecule has 0 bridgehead atoms. The van der Waals surface area contributed by atoms with Gasteiger partial charge in [0.05, 0.1) is 0 Å². The van der Waals surface area contributed by atoms with E-state index in [0.29, 0.717) is 18.9 Å². The van der Waals surface area contributed by atoms with Gasteiger partial charge < -0.3 is 10.2 Å². The van der Waals surface area contributed by atoms with Gasteiger partial charge in [-0.25, -0.2) is 0 Å². The van der Waals surface area contributed by atoms with Crippen LogP contribution >= 0.6 is 23.7 Å². The molecule has 1 aliphatic rings. The van der Waals surface area contributed by atoms with Gasteiger partial charge in [0.15, 0.2) is 5.78 Å². The van der Waals surface area contributed by atoms with Gasteiger partial charge in [-0.15, -0.1) is 23.7 Å². The van der Waals surface area contributed by atoms with Gasteiger partial charge in [0, 0.05) is 47.3 Å². The number of rotatable bonds is 5. The second-order valence-corrected chi connectivity index (χ2v) is 7.18. The van der Waals surface area contributed by atoms with Gasteiger partial charge in [-0.05, 0) is 39.8 Å². The molecule has 0 aromatic carbocycles. The highest BCUT2D eigenvalue weighted by Gasteiger charge is 2.23. The normalized spacial score (nSPS) is 18.0. The van der Waals surface area contributed by atoms with E-state index in [-0.39, 0.29) is 24.1 Å². The molecule has 1 saturated heterocycles. The minimum absolute atomic E-state index is 0. The number of thiophene rings is 1. The Labute approximate surface area is 142 Å². The van der Waals surface area contributed by atoms with Crippen LogP contribution in [0.25, 0.3) is 0 Å². The van der Waals surface area contributed by atoms with Gasteiger partial charge in [-0.2, -0.15) is 0 Å². The fourth-order valence-corrected chi connectivity index (χ4v) is 3.80. The molecule has 1 aromatic rings. The number of carbonyl (C=O) groups excluding carboxylic acids is 2. The smallest absolute Gasteiger partial charge is 0.223 e. The summed E-state index contributed by atoms with van der Waals surface area (Å²) in [4.78, 5) is 28.5. The lowest BCUT2D eigenvalue weighted by atomic mass is 10.0. The predicted octanol–water partition coefficient (Wildman–Crippen LogP) is 2.96. The fraction of sp³-hybridized carbons (Fsp3) is 0.625. The molecule has 2 rings (SSSR count). The predicted molar refractivity (Wildman–Crippen MR) is 93.3 cm³/mol. The number of Topliss-reactive ketones (excluding diaryl/α,β-unsaturated/α-hetero) is 1. The zero-order valence-corrected chi connectivity index (χ0v) is 15.1. The van der Waals surface area contributed by atoms with Crippen LogP contribution in [-0.2, 0) is 4.79 Å². The maximum absolute atomic E-state index is 12.2. The number of ketones is 1. The van der Waals surface area contributed by atoms with E-state index in [0.717, 1.165) is 41.2 Å². The quantitative estimate of drug-likeness (QED) is 0.835. The van der Waals surface area contributed by atoms with E-state index in [9.17, 15) is 9.59 Å². The van der Waals surface area contributed by atoms with Crippen molar-refractivity contribution in [2.24, 2.45) is 0 Å². The standard InChI is InChI=1S/C16H24N2O2S.ClH/c1-11-9-14(12(2)21-11)15(19)6-7-16(20)18-8-4-5-13(10-18)17-3;/h9,13,17H,4-8,10H2,1-3H3;1H. The van der Waals surface area contributed by atoms with E-state index in [1.165, 1.54) is 0 Å². The molecule has 6 heteroatoms. The van der Waals surface area contributed by atoms with Crippen molar-refractivity contribution >= 4 is 35.4 Å². The zero-order valence-electron chi connectivity index (χ0n) is 13.5. The molecule has 0 radical (unpaired) electrons. The third-order valence-electron chi connectivity index (χ3n) is 4.09. The summed E-state index contributed by atoms with van der Waals surface area (Å²) in [5.74, 6) is 0.195. The highest BCUT2D eigenvalue weighted by atomic mass is 35.5. The van der Waals surface area contributed by atoms with Crippen molar-refractivity contribution in [3.05, 3.63) is 21.4 Å². The number of carbonyl (C=O) groups is 2. The lowest BCUT2D eigenvalue weighted by Crippen LogP contribution is -2.47. The Hall–Kier alpha value is -0.910. The Balaban J connectivity index is 0.00000242. The molecule has 0 spiro atoms. The Morgan fingerprint density at radius 3 is 2.68 bits per heavy atom. The number of halogens is 1. The highest BCUT2D eigenvalue weighted by Crippen LogP contribution is 2.22. The van der Waals surface area contributed by atoms with Gasteiger partial charge in [0.1, 0.15) is 0 Å². The molecule has 1 N–H and O–H groups in total. The Morgan fingerprint density at radius 1 is 1.36 bits per heavy atom. The first-order valence-electron chi connectivity index (χ1n) is 7.56. The third-order valence-corrected chi connectivity index (χ3v) is 5.06. The van der Waals surface area contributed by atoms with E-state index < -0.39 is 0 Å². The van der Waals surface area contributed by atoms with E-state index >= 15 is 0 Å². The molecule has 22 heavy (non-hydrogen) atoms. The van der Waals surface area contributed by atoms with Crippen LogP contribution in [-0.4, -0.2) is 42.8 Å². The minimum atomic E-state index is 0. The minimum Gasteiger partial charge on any atom is -0.341 e. The van der Waals surface area contributed by atoms with Gasteiger partial charge in [-0.1, -0.05) is 0 Å². The molecule has 4 nitrogen and oxygen atoms in total. The van der Waals surface area contributed by atoms with Crippen molar-refractivity contribution in [1.29, 1.82) is 0 Å². The number of hydrogen-bond donors (Lipinski definition) is 1. The second kappa shape index (κ2) is 8.65. The SMILES string of the molecule is CNC1CCCN(C(=O)CCC(=O)c2cc(C)sc2C)C1.Cl. The summed E-state index contributed by atoms with van der Waals surface area (Å²) in [5.41, 5.74) is 0.789. The molecule has 124 valence electrons. The van der Waals surface area contributed by atoms with E-state index in [4.69, 9.17) is 0 Å². The molecule has 1 atom stereocenters. The van der Waals surface area contributed by atoms with Crippen LogP contribution in [0.4, 0.5) is 0 Å². The number of nitrogens with zero attached hydrogens (tertiary/aromatic N) is 1. The molecule has 1 fully saturated rings. The first-order valence-corrected chi connectivity index (χ1v) is 8.38. The summed E-state index contributed by atoms with van der Waals surface area (Å²) >= 11 is 1.64. The van der Waals surface area contributed by atoms with Crippen LogP contribution in [0, 0.1) is 13.8 Å². The maximum atomic E-state index is 12.2. The average molecular weight is 345 g/mol. The molecular weight excluding hydrogens is 320 g/mol. The Bertz CT molecular complexity index is 530. The second-order valence-electron chi connectivity index (χ2n) is 5.72. The molecule has 0 saturated carbocycles. The van der Waals surface area contributed by atoms with Crippen molar-refractivity contribution in [2.75, 3.05) is 20.1 Å².